The van der Waals surface area contributed by atoms with Crippen molar-refractivity contribution in [2.24, 2.45) is 0 Å². The summed E-state index contributed by atoms with van der Waals surface area (Å²) in [4.78, 5) is 0. The van der Waals surface area contributed by atoms with E-state index in [1.165, 1.54) is 102 Å². The minimum Gasteiger partial charge on any atom is -0.417 e. The third-order valence-electron chi connectivity index (χ3n) is 4.08. The molecule has 2 heteroatoms. The fraction of sp³-hybridized carbons (Fsp3) is 1.00. The van der Waals surface area contributed by atoms with Gasteiger partial charge in [-0.05, 0) is 12.5 Å². The van der Waals surface area contributed by atoms with E-state index in [1.54, 1.807) is 0 Å². The first-order valence-electron chi connectivity index (χ1n) is 9.76. The van der Waals surface area contributed by atoms with Crippen LogP contribution >= 0.6 is 0 Å². The van der Waals surface area contributed by atoms with E-state index >= 15 is 0 Å². The molecule has 0 unspecified atom stereocenters. The SMILES string of the molecule is CCCCCCCCCCCCCCCO[Si]CCCC. The van der Waals surface area contributed by atoms with E-state index in [2.05, 4.69) is 13.8 Å². The summed E-state index contributed by atoms with van der Waals surface area (Å²) in [6, 6.07) is 1.27. The highest BCUT2D eigenvalue weighted by molar-refractivity contribution is 6.26. The Bertz CT molecular complexity index is 155. The third kappa shape index (κ3) is 20.2. The molecular formula is C19H40OSi. The highest BCUT2D eigenvalue weighted by Crippen LogP contribution is 2.12. The Kier molecular flexibility index (Phi) is 20.3. The van der Waals surface area contributed by atoms with Gasteiger partial charge in [0.05, 0.1) is 0 Å². The van der Waals surface area contributed by atoms with Gasteiger partial charge in [-0.1, -0.05) is 104 Å². The second-order valence-electron chi connectivity index (χ2n) is 6.34. The maximum absolute atomic E-state index is 5.66. The lowest BCUT2D eigenvalue weighted by atomic mass is 10.0. The van der Waals surface area contributed by atoms with E-state index in [0.29, 0.717) is 0 Å². The molecule has 0 spiro atoms. The average molecular weight is 313 g/mol. The van der Waals surface area contributed by atoms with Gasteiger partial charge in [0.1, 0.15) is 0 Å². The molecule has 0 aromatic rings. The zero-order valence-electron chi connectivity index (χ0n) is 14.9. The molecule has 0 aromatic heterocycles. The van der Waals surface area contributed by atoms with Gasteiger partial charge in [0.25, 0.3) is 0 Å². The van der Waals surface area contributed by atoms with Crippen molar-refractivity contribution in [3.05, 3.63) is 0 Å². The van der Waals surface area contributed by atoms with Gasteiger partial charge in [-0.3, -0.25) is 0 Å². The first-order chi connectivity index (χ1) is 10.4. The Hall–Kier alpha value is 0.177. The molecule has 0 aliphatic heterocycles. The highest BCUT2D eigenvalue weighted by atomic mass is 28.2. The van der Waals surface area contributed by atoms with E-state index in [0.717, 1.165) is 16.4 Å². The summed E-state index contributed by atoms with van der Waals surface area (Å²) in [5, 5.41) is 0. The summed E-state index contributed by atoms with van der Waals surface area (Å²) in [7, 11) is 0.750. The first kappa shape index (κ1) is 21.2. The second kappa shape index (κ2) is 20.2. The molecule has 0 aliphatic carbocycles. The molecule has 1 nitrogen and oxygen atoms in total. The van der Waals surface area contributed by atoms with Gasteiger partial charge in [0.15, 0.2) is 0 Å². The van der Waals surface area contributed by atoms with Crippen molar-refractivity contribution < 1.29 is 4.43 Å². The van der Waals surface area contributed by atoms with Gasteiger partial charge < -0.3 is 4.43 Å². The van der Waals surface area contributed by atoms with Crippen LogP contribution in [-0.4, -0.2) is 16.4 Å². The summed E-state index contributed by atoms with van der Waals surface area (Å²) in [6.45, 7) is 5.54. The summed E-state index contributed by atoms with van der Waals surface area (Å²) in [5.41, 5.74) is 0. The second-order valence-corrected chi connectivity index (χ2v) is 7.42. The van der Waals surface area contributed by atoms with Crippen molar-refractivity contribution >= 4 is 9.76 Å². The fourth-order valence-corrected chi connectivity index (χ4v) is 3.52. The minimum atomic E-state index is 0.750. The molecule has 0 N–H and O–H groups in total. The smallest absolute Gasteiger partial charge is 0.229 e. The molecule has 0 saturated heterocycles. The molecule has 0 atom stereocenters. The lowest BCUT2D eigenvalue weighted by Crippen LogP contribution is -2.00. The van der Waals surface area contributed by atoms with Crippen molar-refractivity contribution in [2.45, 2.75) is 116 Å². The molecule has 0 aliphatic rings. The number of hydrogen-bond donors (Lipinski definition) is 0. The Morgan fingerprint density at radius 1 is 0.524 bits per heavy atom. The summed E-state index contributed by atoms with van der Waals surface area (Å²) < 4.78 is 5.66. The molecule has 0 aromatic carbocycles. The van der Waals surface area contributed by atoms with Crippen LogP contribution in [-0.2, 0) is 4.43 Å². The maximum Gasteiger partial charge on any atom is 0.229 e. The van der Waals surface area contributed by atoms with Gasteiger partial charge in [0, 0.05) is 6.61 Å². The zero-order chi connectivity index (χ0) is 15.4. The van der Waals surface area contributed by atoms with Crippen LogP contribution in [0.4, 0.5) is 0 Å². The molecule has 0 saturated carbocycles. The molecule has 21 heavy (non-hydrogen) atoms. The number of unbranched alkanes of at least 4 members (excludes halogenated alkanes) is 13. The molecule has 126 valence electrons. The van der Waals surface area contributed by atoms with Crippen molar-refractivity contribution in [2.75, 3.05) is 6.61 Å². The van der Waals surface area contributed by atoms with Crippen molar-refractivity contribution in [3.63, 3.8) is 0 Å². The van der Waals surface area contributed by atoms with Crippen LogP contribution in [0.2, 0.25) is 6.04 Å². The third-order valence-corrected chi connectivity index (χ3v) is 5.05. The van der Waals surface area contributed by atoms with Crippen LogP contribution in [0.3, 0.4) is 0 Å². The Morgan fingerprint density at radius 3 is 1.43 bits per heavy atom. The van der Waals surface area contributed by atoms with Gasteiger partial charge in [0.2, 0.25) is 9.76 Å². The monoisotopic (exact) mass is 312 g/mol. The van der Waals surface area contributed by atoms with E-state index in [9.17, 15) is 0 Å². The van der Waals surface area contributed by atoms with E-state index in [4.69, 9.17) is 4.43 Å². The molecule has 0 bridgehead atoms. The predicted octanol–water partition coefficient (Wildman–Crippen LogP) is 6.93. The highest BCUT2D eigenvalue weighted by Gasteiger charge is 1.95. The summed E-state index contributed by atoms with van der Waals surface area (Å²) >= 11 is 0. The quantitative estimate of drug-likeness (QED) is 0.197. The molecule has 0 amide bonds. The summed E-state index contributed by atoms with van der Waals surface area (Å²) in [6.07, 6.45) is 21.2. The average Bonchev–Trinajstić information content (AvgIpc) is 2.50. The fourth-order valence-electron chi connectivity index (χ4n) is 2.59. The summed E-state index contributed by atoms with van der Waals surface area (Å²) in [5.74, 6) is 0. The van der Waals surface area contributed by atoms with Crippen LogP contribution in [0.1, 0.15) is 110 Å². The van der Waals surface area contributed by atoms with Crippen LogP contribution < -0.4 is 0 Å². The lowest BCUT2D eigenvalue weighted by Gasteiger charge is -2.04. The topological polar surface area (TPSA) is 9.23 Å². The molecule has 0 fully saturated rings. The largest absolute Gasteiger partial charge is 0.417 e. The standard InChI is InChI=1S/C19H40OSi/c1-3-5-7-8-9-10-11-12-13-14-15-16-17-18-20-21-19-6-4-2/h3-19H2,1-2H3. The van der Waals surface area contributed by atoms with E-state index in [1.807, 2.05) is 0 Å². The minimum absolute atomic E-state index is 0.750. The van der Waals surface area contributed by atoms with E-state index < -0.39 is 0 Å². The molecule has 0 rings (SSSR count). The van der Waals surface area contributed by atoms with Crippen LogP contribution in [0, 0.1) is 0 Å². The Morgan fingerprint density at radius 2 is 0.952 bits per heavy atom. The number of hydrogen-bond acceptors (Lipinski definition) is 1. The lowest BCUT2D eigenvalue weighted by molar-refractivity contribution is 0.319. The predicted molar refractivity (Wildman–Crippen MR) is 97.1 cm³/mol. The van der Waals surface area contributed by atoms with Crippen LogP contribution in [0.5, 0.6) is 0 Å². The molecule has 0 heterocycles. The molecular weight excluding hydrogens is 272 g/mol. The van der Waals surface area contributed by atoms with Crippen molar-refractivity contribution in [1.29, 1.82) is 0 Å². The zero-order valence-corrected chi connectivity index (χ0v) is 15.9. The van der Waals surface area contributed by atoms with Crippen LogP contribution in [0.25, 0.3) is 0 Å². The molecule has 2 radical (unpaired) electrons. The van der Waals surface area contributed by atoms with Gasteiger partial charge >= 0.3 is 0 Å². The van der Waals surface area contributed by atoms with E-state index in [-0.39, 0.29) is 0 Å². The van der Waals surface area contributed by atoms with Crippen LogP contribution in [0.15, 0.2) is 0 Å². The van der Waals surface area contributed by atoms with Gasteiger partial charge in [-0.15, -0.1) is 0 Å². The van der Waals surface area contributed by atoms with Gasteiger partial charge in [-0.2, -0.15) is 0 Å². The Labute approximate surface area is 137 Å². The van der Waals surface area contributed by atoms with Crippen molar-refractivity contribution in [3.8, 4) is 0 Å². The van der Waals surface area contributed by atoms with Gasteiger partial charge in [-0.25, -0.2) is 0 Å². The maximum atomic E-state index is 5.66. The Balaban J connectivity index is 2.90. The first-order valence-corrected chi connectivity index (χ1v) is 10.9. The normalized spacial score (nSPS) is 11.1. The van der Waals surface area contributed by atoms with Crippen molar-refractivity contribution in [1.82, 2.24) is 0 Å². The number of rotatable bonds is 18.